The lowest BCUT2D eigenvalue weighted by Gasteiger charge is -2.37. The normalized spacial score (nSPS) is 30.5. The van der Waals surface area contributed by atoms with Crippen molar-refractivity contribution in [1.29, 1.82) is 0 Å². The molecule has 2 saturated heterocycles. The molecule has 2 fully saturated rings. The van der Waals surface area contributed by atoms with E-state index in [4.69, 9.17) is 0 Å². The molecule has 2 aliphatic heterocycles. The average Bonchev–Trinajstić information content (AvgIpc) is 2.71. The van der Waals surface area contributed by atoms with Crippen molar-refractivity contribution in [1.82, 2.24) is 10.2 Å². The molecule has 0 aliphatic carbocycles. The van der Waals surface area contributed by atoms with Crippen molar-refractivity contribution in [3.05, 3.63) is 35.6 Å². The van der Waals surface area contributed by atoms with E-state index in [1.165, 1.54) is 18.9 Å². The van der Waals surface area contributed by atoms with Gasteiger partial charge in [0, 0.05) is 24.7 Å². The van der Waals surface area contributed by atoms with Gasteiger partial charge in [0.1, 0.15) is 5.82 Å². The lowest BCUT2D eigenvalue weighted by molar-refractivity contribution is 0.0336. The summed E-state index contributed by atoms with van der Waals surface area (Å²) in [5, 5.41) is 13.2. The maximum absolute atomic E-state index is 13.4. The van der Waals surface area contributed by atoms with E-state index >= 15 is 0 Å². The highest BCUT2D eigenvalue weighted by molar-refractivity contribution is 5.20. The lowest BCUT2D eigenvalue weighted by atomic mass is 9.98. The molecule has 1 aromatic carbocycles. The highest BCUT2D eigenvalue weighted by Gasteiger charge is 2.39. The summed E-state index contributed by atoms with van der Waals surface area (Å²) < 4.78 is 13.4. The molecule has 3 nitrogen and oxygen atoms in total. The van der Waals surface area contributed by atoms with E-state index in [2.05, 4.69) is 10.2 Å². The summed E-state index contributed by atoms with van der Waals surface area (Å²) in [5.41, 5.74) is 1.02. The third-order valence-corrected chi connectivity index (χ3v) is 5.13. The molecule has 2 N–H and O–H groups in total. The minimum Gasteiger partial charge on any atom is -0.393 e. The number of rotatable bonds is 5. The Labute approximate surface area is 126 Å². The van der Waals surface area contributed by atoms with Gasteiger partial charge in [-0.05, 0) is 56.8 Å². The molecule has 2 aliphatic rings. The molecule has 21 heavy (non-hydrogen) atoms. The van der Waals surface area contributed by atoms with E-state index in [9.17, 15) is 9.50 Å². The van der Waals surface area contributed by atoms with Gasteiger partial charge in [0.25, 0.3) is 0 Å². The van der Waals surface area contributed by atoms with Crippen LogP contribution in [0, 0.1) is 5.82 Å². The number of aliphatic hydroxyl groups excluding tert-OH is 1. The van der Waals surface area contributed by atoms with E-state index in [0.29, 0.717) is 12.1 Å². The lowest BCUT2D eigenvalue weighted by Crippen LogP contribution is -2.45. The fourth-order valence-electron chi connectivity index (χ4n) is 4.09. The highest BCUT2D eigenvalue weighted by atomic mass is 19.1. The molecule has 116 valence electrons. The van der Waals surface area contributed by atoms with Crippen LogP contribution in [-0.4, -0.2) is 41.8 Å². The monoisotopic (exact) mass is 292 g/mol. The maximum atomic E-state index is 13.4. The fraction of sp³-hybridized carbons (Fsp3) is 0.647. The first-order chi connectivity index (χ1) is 10.2. The van der Waals surface area contributed by atoms with Crippen LogP contribution in [0.5, 0.6) is 0 Å². The summed E-state index contributed by atoms with van der Waals surface area (Å²) in [7, 11) is 1.93. The van der Waals surface area contributed by atoms with Crippen molar-refractivity contribution in [2.75, 3.05) is 13.6 Å². The second-order valence-corrected chi connectivity index (χ2v) is 6.43. The van der Waals surface area contributed by atoms with Gasteiger partial charge in [0.2, 0.25) is 0 Å². The quantitative estimate of drug-likeness (QED) is 0.875. The van der Waals surface area contributed by atoms with Crippen LogP contribution in [-0.2, 0) is 0 Å². The predicted molar refractivity (Wildman–Crippen MR) is 81.6 cm³/mol. The molecule has 0 aromatic heterocycles. The molecular formula is C17H25FN2O. The van der Waals surface area contributed by atoms with Crippen LogP contribution in [0.2, 0.25) is 0 Å². The molecule has 0 saturated carbocycles. The van der Waals surface area contributed by atoms with Crippen LogP contribution in [0.1, 0.15) is 43.7 Å². The van der Waals surface area contributed by atoms with Crippen LogP contribution in [0.4, 0.5) is 4.39 Å². The van der Waals surface area contributed by atoms with Gasteiger partial charge in [-0.1, -0.05) is 12.1 Å². The number of piperidine rings is 1. The summed E-state index contributed by atoms with van der Waals surface area (Å²) in [6.45, 7) is 1.02. The third-order valence-electron chi connectivity index (χ3n) is 5.13. The predicted octanol–water partition coefficient (Wildman–Crippen LogP) is 2.46. The van der Waals surface area contributed by atoms with Gasteiger partial charge in [-0.25, -0.2) is 4.39 Å². The van der Waals surface area contributed by atoms with Gasteiger partial charge in [-0.15, -0.1) is 0 Å². The van der Waals surface area contributed by atoms with Crippen LogP contribution >= 0.6 is 0 Å². The van der Waals surface area contributed by atoms with Crippen LogP contribution < -0.4 is 5.32 Å². The first-order valence-corrected chi connectivity index (χ1v) is 8.04. The molecule has 3 rings (SSSR count). The number of hydrogen-bond donors (Lipinski definition) is 2. The molecule has 4 heteroatoms. The van der Waals surface area contributed by atoms with Crippen molar-refractivity contribution in [3.8, 4) is 0 Å². The Kier molecular flexibility index (Phi) is 4.57. The fourth-order valence-corrected chi connectivity index (χ4v) is 4.09. The van der Waals surface area contributed by atoms with Crippen molar-refractivity contribution in [2.45, 2.75) is 56.3 Å². The molecule has 2 bridgehead atoms. The Bertz CT molecular complexity index is 468. The van der Waals surface area contributed by atoms with E-state index in [0.717, 1.165) is 31.4 Å². The number of aliphatic hydroxyl groups is 1. The summed E-state index contributed by atoms with van der Waals surface area (Å²) >= 11 is 0. The van der Waals surface area contributed by atoms with Crippen LogP contribution in [0.15, 0.2) is 24.3 Å². The van der Waals surface area contributed by atoms with Gasteiger partial charge in [0.05, 0.1) is 6.10 Å². The SMILES string of the molecule is CNC(CCN1C2CCC1CC(O)C2)c1cccc(F)c1. The Hall–Kier alpha value is -0.970. The first kappa shape index (κ1) is 14.9. The Morgan fingerprint density at radius 1 is 1.33 bits per heavy atom. The second kappa shape index (κ2) is 6.42. The third kappa shape index (κ3) is 3.28. The summed E-state index contributed by atoms with van der Waals surface area (Å²) in [6, 6.07) is 8.15. The topological polar surface area (TPSA) is 35.5 Å². The van der Waals surface area contributed by atoms with Crippen LogP contribution in [0.3, 0.4) is 0 Å². The van der Waals surface area contributed by atoms with Crippen molar-refractivity contribution in [2.24, 2.45) is 0 Å². The minimum absolute atomic E-state index is 0.109. The minimum atomic E-state index is -0.172. The van der Waals surface area contributed by atoms with Crippen LogP contribution in [0.25, 0.3) is 0 Å². The second-order valence-electron chi connectivity index (χ2n) is 6.43. The van der Waals surface area contributed by atoms with Gasteiger partial charge in [0.15, 0.2) is 0 Å². The Balaban J connectivity index is 1.61. The van der Waals surface area contributed by atoms with Crippen molar-refractivity contribution >= 4 is 0 Å². The van der Waals surface area contributed by atoms with E-state index < -0.39 is 0 Å². The zero-order valence-corrected chi connectivity index (χ0v) is 12.6. The van der Waals surface area contributed by atoms with E-state index in [-0.39, 0.29) is 18.0 Å². The van der Waals surface area contributed by atoms with Crippen molar-refractivity contribution in [3.63, 3.8) is 0 Å². The molecule has 0 radical (unpaired) electrons. The van der Waals surface area contributed by atoms with Gasteiger partial charge >= 0.3 is 0 Å². The largest absolute Gasteiger partial charge is 0.393 e. The molecule has 3 atom stereocenters. The standard InChI is InChI=1S/C17H25FN2O/c1-19-17(12-3-2-4-13(18)9-12)7-8-20-14-5-6-15(20)11-16(21)10-14/h2-4,9,14-17,19,21H,5-8,10-11H2,1H3. The molecule has 1 aromatic rings. The molecule has 2 heterocycles. The number of hydrogen-bond acceptors (Lipinski definition) is 3. The number of benzene rings is 1. The van der Waals surface area contributed by atoms with Gasteiger partial charge < -0.3 is 10.4 Å². The summed E-state index contributed by atoms with van der Waals surface area (Å²) in [6.07, 6.45) is 5.13. The van der Waals surface area contributed by atoms with Crippen molar-refractivity contribution < 1.29 is 9.50 Å². The number of nitrogens with one attached hydrogen (secondary N) is 1. The van der Waals surface area contributed by atoms with Gasteiger partial charge in [-0.2, -0.15) is 0 Å². The molecule has 0 amide bonds. The average molecular weight is 292 g/mol. The zero-order chi connectivity index (χ0) is 14.8. The summed E-state index contributed by atoms with van der Waals surface area (Å²) in [4.78, 5) is 2.57. The highest BCUT2D eigenvalue weighted by Crippen LogP contribution is 2.36. The number of nitrogens with zero attached hydrogens (tertiary/aromatic N) is 1. The first-order valence-electron chi connectivity index (χ1n) is 8.04. The number of halogens is 1. The smallest absolute Gasteiger partial charge is 0.123 e. The molecular weight excluding hydrogens is 267 g/mol. The van der Waals surface area contributed by atoms with E-state index in [1.54, 1.807) is 12.1 Å². The Morgan fingerprint density at radius 2 is 2.05 bits per heavy atom. The molecule has 3 unspecified atom stereocenters. The zero-order valence-electron chi connectivity index (χ0n) is 12.6. The van der Waals surface area contributed by atoms with Gasteiger partial charge in [-0.3, -0.25) is 4.90 Å². The molecule has 0 spiro atoms. The van der Waals surface area contributed by atoms with E-state index in [1.807, 2.05) is 13.1 Å². The summed E-state index contributed by atoms with van der Waals surface area (Å²) in [5.74, 6) is -0.172. The number of fused-ring (bicyclic) bond motifs is 2. The maximum Gasteiger partial charge on any atom is 0.123 e. The Morgan fingerprint density at radius 3 is 2.67 bits per heavy atom.